The van der Waals surface area contributed by atoms with Crippen molar-refractivity contribution in [3.05, 3.63) is 58.2 Å². The predicted molar refractivity (Wildman–Crippen MR) is 90.5 cm³/mol. The summed E-state index contributed by atoms with van der Waals surface area (Å²) in [4.78, 5) is 18.5. The highest BCUT2D eigenvalue weighted by Gasteiger charge is 2.25. The summed E-state index contributed by atoms with van der Waals surface area (Å²) in [7, 11) is 0. The van der Waals surface area contributed by atoms with Crippen LogP contribution in [0.2, 0.25) is 0 Å². The van der Waals surface area contributed by atoms with E-state index in [1.165, 1.54) is 17.4 Å². The smallest absolute Gasteiger partial charge is 0.263 e. The average Bonchev–Trinajstić information content (AvgIpc) is 3.23. The van der Waals surface area contributed by atoms with Crippen molar-refractivity contribution >= 4 is 28.1 Å². The summed E-state index contributed by atoms with van der Waals surface area (Å²) < 4.78 is 13.3. The number of carbonyl (C=O) groups is 1. The lowest BCUT2D eigenvalue weighted by atomic mass is 9.93. The number of fused-ring (bicyclic) bond motifs is 1. The summed E-state index contributed by atoms with van der Waals surface area (Å²) in [5, 5.41) is 2.85. The normalized spacial score (nSPS) is 16.1. The number of aromatic amines is 1. The zero-order chi connectivity index (χ0) is 15.8. The molecule has 23 heavy (non-hydrogen) atoms. The van der Waals surface area contributed by atoms with Crippen LogP contribution in [0, 0.1) is 5.82 Å². The number of benzene rings is 1. The third-order valence-electron chi connectivity index (χ3n) is 4.56. The molecule has 1 aliphatic heterocycles. The summed E-state index contributed by atoms with van der Waals surface area (Å²) >= 11 is 1.49. The van der Waals surface area contributed by atoms with Crippen molar-refractivity contribution in [3.63, 3.8) is 0 Å². The number of hydrogen-bond donors (Lipinski definition) is 1. The molecule has 0 spiro atoms. The van der Waals surface area contributed by atoms with Crippen molar-refractivity contribution in [1.29, 1.82) is 0 Å². The Kier molecular flexibility index (Phi) is 3.65. The van der Waals surface area contributed by atoms with Crippen molar-refractivity contribution in [2.45, 2.75) is 18.8 Å². The van der Waals surface area contributed by atoms with Crippen molar-refractivity contribution in [2.75, 3.05) is 13.1 Å². The van der Waals surface area contributed by atoms with Gasteiger partial charge in [0.15, 0.2) is 0 Å². The van der Waals surface area contributed by atoms with Gasteiger partial charge in [0.1, 0.15) is 5.82 Å². The van der Waals surface area contributed by atoms with Crippen molar-refractivity contribution in [3.8, 4) is 0 Å². The first kappa shape index (κ1) is 14.5. The lowest BCUT2D eigenvalue weighted by Gasteiger charge is -2.31. The minimum absolute atomic E-state index is 0.136. The Labute approximate surface area is 137 Å². The van der Waals surface area contributed by atoms with Crippen LogP contribution in [-0.4, -0.2) is 28.9 Å². The van der Waals surface area contributed by atoms with Gasteiger partial charge in [0.05, 0.1) is 4.88 Å². The monoisotopic (exact) mass is 328 g/mol. The third kappa shape index (κ3) is 2.77. The number of H-pyrrole nitrogens is 1. The molecule has 1 aromatic carbocycles. The second kappa shape index (κ2) is 5.81. The van der Waals surface area contributed by atoms with Gasteiger partial charge in [-0.3, -0.25) is 4.79 Å². The number of likely N-dealkylation sites (tertiary alicyclic amines) is 1. The van der Waals surface area contributed by atoms with Gasteiger partial charge in [0.25, 0.3) is 5.91 Å². The van der Waals surface area contributed by atoms with E-state index in [0.717, 1.165) is 47.4 Å². The van der Waals surface area contributed by atoms with Crippen molar-refractivity contribution in [2.24, 2.45) is 0 Å². The van der Waals surface area contributed by atoms with Crippen LogP contribution in [0.4, 0.5) is 4.39 Å². The van der Waals surface area contributed by atoms with E-state index in [1.807, 2.05) is 28.5 Å². The van der Waals surface area contributed by atoms with Crippen LogP contribution in [0.15, 0.2) is 41.8 Å². The molecule has 0 saturated carbocycles. The maximum absolute atomic E-state index is 13.3. The molecule has 0 unspecified atom stereocenters. The predicted octanol–water partition coefficient (Wildman–Crippen LogP) is 4.39. The van der Waals surface area contributed by atoms with Crippen LogP contribution < -0.4 is 0 Å². The highest BCUT2D eigenvalue weighted by Crippen LogP contribution is 2.31. The van der Waals surface area contributed by atoms with E-state index < -0.39 is 0 Å². The minimum atomic E-state index is -0.209. The molecule has 0 radical (unpaired) electrons. The van der Waals surface area contributed by atoms with Gasteiger partial charge in [0, 0.05) is 35.6 Å². The van der Waals surface area contributed by atoms with E-state index in [1.54, 1.807) is 12.1 Å². The Morgan fingerprint density at radius 3 is 2.78 bits per heavy atom. The number of rotatable bonds is 2. The summed E-state index contributed by atoms with van der Waals surface area (Å²) in [6.45, 7) is 1.54. The fourth-order valence-electron chi connectivity index (χ4n) is 3.30. The van der Waals surface area contributed by atoms with Gasteiger partial charge in [-0.1, -0.05) is 6.07 Å². The molecule has 3 heterocycles. The summed E-state index contributed by atoms with van der Waals surface area (Å²) in [5.41, 5.74) is 2.12. The number of nitrogens with one attached hydrogen (secondary N) is 1. The lowest BCUT2D eigenvalue weighted by molar-refractivity contribution is 0.0717. The number of hydrogen-bond acceptors (Lipinski definition) is 2. The molecule has 2 aromatic heterocycles. The molecule has 5 heteroatoms. The number of thiophene rings is 1. The van der Waals surface area contributed by atoms with E-state index in [0.29, 0.717) is 5.92 Å². The largest absolute Gasteiger partial charge is 0.358 e. The molecular formula is C18H17FN2OS. The molecule has 1 aliphatic rings. The van der Waals surface area contributed by atoms with Crippen LogP contribution in [-0.2, 0) is 0 Å². The van der Waals surface area contributed by atoms with Crippen molar-refractivity contribution < 1.29 is 9.18 Å². The fraction of sp³-hybridized carbons (Fsp3) is 0.278. The maximum Gasteiger partial charge on any atom is 0.263 e. The van der Waals surface area contributed by atoms with E-state index in [2.05, 4.69) is 4.98 Å². The Bertz CT molecular complexity index is 832. The van der Waals surface area contributed by atoms with E-state index >= 15 is 0 Å². The second-order valence-electron chi connectivity index (χ2n) is 6.00. The molecule has 1 fully saturated rings. The fourth-order valence-corrected chi connectivity index (χ4v) is 3.99. The Balaban J connectivity index is 1.47. The summed E-state index contributed by atoms with van der Waals surface area (Å²) in [6, 6.07) is 10.7. The lowest BCUT2D eigenvalue weighted by Crippen LogP contribution is -2.37. The maximum atomic E-state index is 13.3. The topological polar surface area (TPSA) is 36.1 Å². The molecule has 3 nitrogen and oxygen atoms in total. The number of carbonyl (C=O) groups excluding carboxylic acids is 1. The number of aromatic nitrogens is 1. The SMILES string of the molecule is O=C(c1cccs1)N1CCC(c2cc3cc(F)ccc3[nH]2)CC1. The van der Waals surface area contributed by atoms with Crippen LogP contribution in [0.5, 0.6) is 0 Å². The zero-order valence-corrected chi connectivity index (χ0v) is 13.4. The van der Waals surface area contributed by atoms with Gasteiger partial charge >= 0.3 is 0 Å². The van der Waals surface area contributed by atoms with Crippen LogP contribution in [0.3, 0.4) is 0 Å². The van der Waals surface area contributed by atoms with Crippen LogP contribution in [0.25, 0.3) is 10.9 Å². The van der Waals surface area contributed by atoms with Crippen LogP contribution >= 0.6 is 11.3 Å². The Morgan fingerprint density at radius 2 is 2.04 bits per heavy atom. The Morgan fingerprint density at radius 1 is 1.22 bits per heavy atom. The van der Waals surface area contributed by atoms with E-state index in [4.69, 9.17) is 0 Å². The number of amides is 1. The van der Waals surface area contributed by atoms with Crippen molar-refractivity contribution in [1.82, 2.24) is 9.88 Å². The molecule has 0 bridgehead atoms. The minimum Gasteiger partial charge on any atom is -0.358 e. The molecule has 118 valence electrons. The van der Waals surface area contributed by atoms with Crippen LogP contribution in [0.1, 0.15) is 34.1 Å². The summed E-state index contributed by atoms with van der Waals surface area (Å²) in [6.07, 6.45) is 1.87. The molecular weight excluding hydrogens is 311 g/mol. The summed E-state index contributed by atoms with van der Waals surface area (Å²) in [5.74, 6) is 0.328. The first-order valence-corrected chi connectivity index (χ1v) is 8.69. The molecule has 4 rings (SSSR count). The first-order valence-electron chi connectivity index (χ1n) is 7.81. The number of nitrogens with zero attached hydrogens (tertiary/aromatic N) is 1. The highest BCUT2D eigenvalue weighted by molar-refractivity contribution is 7.12. The van der Waals surface area contributed by atoms with E-state index in [-0.39, 0.29) is 11.7 Å². The second-order valence-corrected chi connectivity index (χ2v) is 6.95. The van der Waals surface area contributed by atoms with Gasteiger partial charge in [-0.05, 0) is 48.6 Å². The Hall–Kier alpha value is -2.14. The zero-order valence-electron chi connectivity index (χ0n) is 12.6. The standard InChI is InChI=1S/C18H17FN2OS/c19-14-3-4-15-13(10-14)11-16(20-15)12-5-7-21(8-6-12)18(22)17-2-1-9-23-17/h1-4,9-12,20H,5-8H2. The van der Waals surface area contributed by atoms with Gasteiger partial charge in [-0.15, -0.1) is 11.3 Å². The third-order valence-corrected chi connectivity index (χ3v) is 5.42. The molecule has 0 atom stereocenters. The van der Waals surface area contributed by atoms with Gasteiger partial charge < -0.3 is 9.88 Å². The molecule has 1 N–H and O–H groups in total. The molecule has 3 aromatic rings. The van der Waals surface area contributed by atoms with Gasteiger partial charge in [-0.2, -0.15) is 0 Å². The average molecular weight is 328 g/mol. The quantitative estimate of drug-likeness (QED) is 0.744. The van der Waals surface area contributed by atoms with E-state index in [9.17, 15) is 9.18 Å². The first-order chi connectivity index (χ1) is 11.2. The molecule has 0 aliphatic carbocycles. The number of piperidine rings is 1. The molecule has 1 amide bonds. The van der Waals surface area contributed by atoms with Gasteiger partial charge in [-0.25, -0.2) is 4.39 Å². The number of halogens is 1. The van der Waals surface area contributed by atoms with Gasteiger partial charge in [0.2, 0.25) is 0 Å². The highest BCUT2D eigenvalue weighted by atomic mass is 32.1. The molecule has 1 saturated heterocycles.